The normalized spacial score (nSPS) is 10.9. The summed E-state index contributed by atoms with van der Waals surface area (Å²) in [6.07, 6.45) is 1.29. The highest BCUT2D eigenvalue weighted by atomic mass is 16.5. The number of nitrogens with zero attached hydrogens (tertiary/aromatic N) is 3. The van der Waals surface area contributed by atoms with Gasteiger partial charge in [0.2, 0.25) is 11.9 Å². The van der Waals surface area contributed by atoms with Gasteiger partial charge in [-0.15, -0.1) is 0 Å². The number of carbonyl (C=O) groups is 1. The molecule has 0 saturated heterocycles. The van der Waals surface area contributed by atoms with E-state index >= 15 is 0 Å². The van der Waals surface area contributed by atoms with Gasteiger partial charge in [-0.25, -0.2) is 9.97 Å². The maximum absolute atomic E-state index is 12.1. The van der Waals surface area contributed by atoms with E-state index in [4.69, 9.17) is 4.74 Å². The first-order valence-electron chi connectivity index (χ1n) is 9.57. The van der Waals surface area contributed by atoms with Crippen molar-refractivity contribution in [2.45, 2.75) is 47.1 Å². The highest BCUT2D eigenvalue weighted by Crippen LogP contribution is 2.22. The van der Waals surface area contributed by atoms with Crippen LogP contribution in [-0.4, -0.2) is 40.4 Å². The fourth-order valence-corrected chi connectivity index (χ4v) is 2.89. The Hall–Kier alpha value is -2.47. The van der Waals surface area contributed by atoms with Crippen LogP contribution in [0.2, 0.25) is 0 Å². The Labute approximate surface area is 162 Å². The summed E-state index contributed by atoms with van der Waals surface area (Å²) in [5, 5.41) is 2.80. The largest absolute Gasteiger partial charge is 0.485 e. The molecule has 6 nitrogen and oxygen atoms in total. The standard InChI is InChI=1S/C21H30N4O2/c1-5-25(6-2)14-10-13-19(26)24-21-22-16(3)20(17(4)23-21)27-15-18-11-8-7-9-12-18/h7-9,11-12H,5-6,10,13-15H2,1-4H3,(H,22,23,24,26). The van der Waals surface area contributed by atoms with Crippen molar-refractivity contribution < 1.29 is 9.53 Å². The van der Waals surface area contributed by atoms with Gasteiger partial charge in [0.25, 0.3) is 0 Å². The third-order valence-corrected chi connectivity index (χ3v) is 4.45. The molecule has 2 aromatic rings. The van der Waals surface area contributed by atoms with Crippen molar-refractivity contribution in [1.29, 1.82) is 0 Å². The number of hydrogen-bond acceptors (Lipinski definition) is 5. The summed E-state index contributed by atoms with van der Waals surface area (Å²) in [6, 6.07) is 9.96. The van der Waals surface area contributed by atoms with E-state index in [1.165, 1.54) is 0 Å². The molecule has 1 amide bonds. The van der Waals surface area contributed by atoms with Gasteiger partial charge in [-0.3, -0.25) is 10.1 Å². The van der Waals surface area contributed by atoms with E-state index in [1.807, 2.05) is 44.2 Å². The van der Waals surface area contributed by atoms with Crippen LogP contribution >= 0.6 is 0 Å². The average molecular weight is 370 g/mol. The lowest BCUT2D eigenvalue weighted by atomic mass is 10.2. The third-order valence-electron chi connectivity index (χ3n) is 4.45. The Morgan fingerprint density at radius 1 is 1.07 bits per heavy atom. The molecule has 27 heavy (non-hydrogen) atoms. The summed E-state index contributed by atoms with van der Waals surface area (Å²) in [6.45, 7) is 11.4. The smallest absolute Gasteiger partial charge is 0.230 e. The molecule has 2 rings (SSSR count). The SMILES string of the molecule is CCN(CC)CCCC(=O)Nc1nc(C)c(OCc2ccccc2)c(C)n1. The summed E-state index contributed by atoms with van der Waals surface area (Å²) in [5.74, 6) is 0.946. The molecule has 0 unspecified atom stereocenters. The first-order chi connectivity index (χ1) is 13.0. The Morgan fingerprint density at radius 2 is 1.70 bits per heavy atom. The average Bonchev–Trinajstić information content (AvgIpc) is 2.65. The quantitative estimate of drug-likeness (QED) is 0.690. The minimum Gasteiger partial charge on any atom is -0.485 e. The number of nitrogens with one attached hydrogen (secondary N) is 1. The number of carbonyl (C=O) groups excluding carboxylic acids is 1. The topological polar surface area (TPSA) is 67.4 Å². The Balaban J connectivity index is 1.90. The summed E-state index contributed by atoms with van der Waals surface area (Å²) in [4.78, 5) is 23.2. The number of aryl methyl sites for hydroxylation is 2. The van der Waals surface area contributed by atoms with Crippen molar-refractivity contribution in [1.82, 2.24) is 14.9 Å². The molecule has 146 valence electrons. The van der Waals surface area contributed by atoms with Crippen LogP contribution < -0.4 is 10.1 Å². The molecule has 0 saturated carbocycles. The van der Waals surface area contributed by atoms with Crippen molar-refractivity contribution in [3.63, 3.8) is 0 Å². The lowest BCUT2D eigenvalue weighted by Gasteiger charge is -2.17. The number of hydrogen-bond donors (Lipinski definition) is 1. The molecule has 0 spiro atoms. The first kappa shape index (κ1) is 20.8. The minimum absolute atomic E-state index is 0.0566. The lowest BCUT2D eigenvalue weighted by molar-refractivity contribution is -0.116. The van der Waals surface area contributed by atoms with Gasteiger partial charge in [0.1, 0.15) is 6.61 Å². The Bertz CT molecular complexity index is 707. The van der Waals surface area contributed by atoms with E-state index in [1.54, 1.807) is 0 Å². The van der Waals surface area contributed by atoms with Crippen molar-refractivity contribution in [2.75, 3.05) is 25.0 Å². The molecule has 0 fully saturated rings. The zero-order valence-electron chi connectivity index (χ0n) is 16.8. The van der Waals surface area contributed by atoms with Gasteiger partial charge in [0.15, 0.2) is 5.75 Å². The molecule has 1 aromatic heterocycles. The number of ether oxygens (including phenoxy) is 1. The molecule has 0 aliphatic carbocycles. The first-order valence-corrected chi connectivity index (χ1v) is 9.57. The monoisotopic (exact) mass is 370 g/mol. The van der Waals surface area contributed by atoms with E-state index < -0.39 is 0 Å². The van der Waals surface area contributed by atoms with E-state index in [9.17, 15) is 4.79 Å². The van der Waals surface area contributed by atoms with Gasteiger partial charge in [0.05, 0.1) is 11.4 Å². The second kappa shape index (κ2) is 10.6. The molecule has 0 bridgehead atoms. The summed E-state index contributed by atoms with van der Waals surface area (Å²) in [5.41, 5.74) is 2.52. The van der Waals surface area contributed by atoms with E-state index in [2.05, 4.69) is 34.0 Å². The van der Waals surface area contributed by atoms with Crippen molar-refractivity contribution in [3.05, 3.63) is 47.3 Å². The van der Waals surface area contributed by atoms with E-state index in [-0.39, 0.29) is 5.91 Å². The maximum Gasteiger partial charge on any atom is 0.230 e. The van der Waals surface area contributed by atoms with Gasteiger partial charge in [-0.05, 0) is 45.5 Å². The molecule has 1 heterocycles. The van der Waals surface area contributed by atoms with Crippen LogP contribution in [0.25, 0.3) is 0 Å². The van der Waals surface area contributed by atoms with Crippen LogP contribution in [-0.2, 0) is 11.4 Å². The number of aromatic nitrogens is 2. The highest BCUT2D eigenvalue weighted by Gasteiger charge is 2.12. The molecule has 0 aliphatic rings. The van der Waals surface area contributed by atoms with Crippen LogP contribution in [0.3, 0.4) is 0 Å². The summed E-state index contributed by atoms with van der Waals surface area (Å²) < 4.78 is 5.89. The van der Waals surface area contributed by atoms with E-state index in [0.29, 0.717) is 24.7 Å². The predicted octanol–water partition coefficient (Wildman–Crippen LogP) is 3.73. The predicted molar refractivity (Wildman–Crippen MR) is 108 cm³/mol. The molecule has 0 radical (unpaired) electrons. The van der Waals surface area contributed by atoms with Crippen molar-refractivity contribution in [3.8, 4) is 5.75 Å². The second-order valence-electron chi connectivity index (χ2n) is 6.50. The molecule has 0 atom stereocenters. The Kier molecular flexibility index (Phi) is 8.20. The number of rotatable bonds is 10. The maximum atomic E-state index is 12.1. The zero-order valence-corrected chi connectivity index (χ0v) is 16.8. The fourth-order valence-electron chi connectivity index (χ4n) is 2.89. The third kappa shape index (κ3) is 6.64. The molecular formula is C21H30N4O2. The van der Waals surface area contributed by atoms with Crippen LogP contribution in [0.15, 0.2) is 30.3 Å². The van der Waals surface area contributed by atoms with Crippen LogP contribution in [0.5, 0.6) is 5.75 Å². The molecule has 6 heteroatoms. The molecule has 1 N–H and O–H groups in total. The summed E-state index contributed by atoms with van der Waals surface area (Å²) >= 11 is 0. The number of amides is 1. The second-order valence-corrected chi connectivity index (χ2v) is 6.50. The van der Waals surface area contributed by atoms with Gasteiger partial charge >= 0.3 is 0 Å². The van der Waals surface area contributed by atoms with Gasteiger partial charge in [-0.2, -0.15) is 0 Å². The number of anilines is 1. The van der Waals surface area contributed by atoms with Crippen LogP contribution in [0.1, 0.15) is 43.6 Å². The fraction of sp³-hybridized carbons (Fsp3) is 0.476. The van der Waals surface area contributed by atoms with Crippen LogP contribution in [0, 0.1) is 13.8 Å². The zero-order chi connectivity index (χ0) is 19.6. The summed E-state index contributed by atoms with van der Waals surface area (Å²) in [7, 11) is 0. The van der Waals surface area contributed by atoms with Gasteiger partial charge in [0, 0.05) is 6.42 Å². The van der Waals surface area contributed by atoms with Crippen molar-refractivity contribution >= 4 is 11.9 Å². The lowest BCUT2D eigenvalue weighted by Crippen LogP contribution is -2.25. The minimum atomic E-state index is -0.0566. The van der Waals surface area contributed by atoms with Gasteiger partial charge in [-0.1, -0.05) is 44.2 Å². The highest BCUT2D eigenvalue weighted by molar-refractivity contribution is 5.88. The molecule has 1 aromatic carbocycles. The Morgan fingerprint density at radius 3 is 2.30 bits per heavy atom. The number of benzene rings is 1. The molecule has 0 aliphatic heterocycles. The van der Waals surface area contributed by atoms with Gasteiger partial charge < -0.3 is 9.64 Å². The molecular weight excluding hydrogens is 340 g/mol. The van der Waals surface area contributed by atoms with Crippen molar-refractivity contribution in [2.24, 2.45) is 0 Å². The van der Waals surface area contributed by atoms with Crippen LogP contribution in [0.4, 0.5) is 5.95 Å². The van der Waals surface area contributed by atoms with E-state index in [0.717, 1.165) is 43.0 Å².